The first kappa shape index (κ1) is 23.2. The van der Waals surface area contributed by atoms with Crippen LogP contribution in [0, 0.1) is 20.8 Å². The molecule has 1 aromatic carbocycles. The standard InChI is InChI=1S/C23H25N3O5S/c1-6-30-22(28)17-13(3)19(23(29)31-7-2)32-21(17)24-20(27)18-14(4)25-26(15(18)5)16-11-9-8-10-12-16/h8-12H,6-7H2,1-5H3,(H,24,27). The molecular weight excluding hydrogens is 430 g/mol. The lowest BCUT2D eigenvalue weighted by molar-refractivity contribution is 0.0527. The predicted octanol–water partition coefficient (Wildman–Crippen LogP) is 4.46. The maximum absolute atomic E-state index is 13.2. The van der Waals surface area contributed by atoms with Gasteiger partial charge in [0.15, 0.2) is 0 Å². The van der Waals surface area contributed by atoms with Crippen molar-refractivity contribution in [2.45, 2.75) is 34.6 Å². The molecule has 8 nitrogen and oxygen atoms in total. The van der Waals surface area contributed by atoms with Crippen molar-refractivity contribution in [3.8, 4) is 5.69 Å². The van der Waals surface area contributed by atoms with Gasteiger partial charge in [-0.2, -0.15) is 5.10 Å². The molecule has 0 bridgehead atoms. The van der Waals surface area contributed by atoms with Crippen molar-refractivity contribution in [1.82, 2.24) is 9.78 Å². The molecule has 0 spiro atoms. The first-order chi connectivity index (χ1) is 15.3. The summed E-state index contributed by atoms with van der Waals surface area (Å²) in [5, 5.41) is 7.52. The number of anilines is 1. The quantitative estimate of drug-likeness (QED) is 0.528. The first-order valence-electron chi connectivity index (χ1n) is 10.2. The molecule has 0 aliphatic rings. The minimum Gasteiger partial charge on any atom is -0.462 e. The number of aromatic nitrogens is 2. The number of ether oxygens (including phenoxy) is 2. The summed E-state index contributed by atoms with van der Waals surface area (Å²) < 4.78 is 11.9. The van der Waals surface area contributed by atoms with E-state index in [-0.39, 0.29) is 28.7 Å². The van der Waals surface area contributed by atoms with Crippen LogP contribution in [0.5, 0.6) is 0 Å². The van der Waals surface area contributed by atoms with Crippen LogP contribution < -0.4 is 5.32 Å². The number of hydrogen-bond acceptors (Lipinski definition) is 7. The molecule has 168 valence electrons. The maximum atomic E-state index is 13.2. The second kappa shape index (κ2) is 9.78. The Kier molecular flexibility index (Phi) is 7.09. The molecule has 0 atom stereocenters. The topological polar surface area (TPSA) is 99.5 Å². The van der Waals surface area contributed by atoms with Gasteiger partial charge in [0.2, 0.25) is 0 Å². The highest BCUT2D eigenvalue weighted by Crippen LogP contribution is 2.35. The molecule has 3 rings (SSSR count). The zero-order valence-electron chi connectivity index (χ0n) is 18.6. The van der Waals surface area contributed by atoms with Crippen LogP contribution in [0.3, 0.4) is 0 Å². The molecular formula is C23H25N3O5S. The fourth-order valence-electron chi connectivity index (χ4n) is 3.40. The van der Waals surface area contributed by atoms with Crippen molar-refractivity contribution in [2.75, 3.05) is 18.5 Å². The largest absolute Gasteiger partial charge is 0.462 e. The van der Waals surface area contributed by atoms with Crippen LogP contribution in [0.25, 0.3) is 5.69 Å². The Morgan fingerprint density at radius 3 is 2.22 bits per heavy atom. The Balaban J connectivity index is 2.01. The fourth-order valence-corrected chi connectivity index (χ4v) is 4.48. The number of aryl methyl sites for hydroxylation is 1. The van der Waals surface area contributed by atoms with Crippen LogP contribution in [0.4, 0.5) is 5.00 Å². The number of nitrogens with one attached hydrogen (secondary N) is 1. The molecule has 1 amide bonds. The molecule has 9 heteroatoms. The van der Waals surface area contributed by atoms with Gasteiger partial charge in [0, 0.05) is 0 Å². The lowest BCUT2D eigenvalue weighted by Crippen LogP contribution is -2.16. The summed E-state index contributed by atoms with van der Waals surface area (Å²) in [6, 6.07) is 9.48. The van der Waals surface area contributed by atoms with E-state index in [2.05, 4.69) is 10.4 Å². The number of carbonyl (C=O) groups excluding carboxylic acids is 3. The van der Waals surface area contributed by atoms with Crippen LogP contribution in [0.1, 0.15) is 61.2 Å². The molecule has 0 saturated heterocycles. The summed E-state index contributed by atoms with van der Waals surface area (Å²) in [5.41, 5.74) is 2.99. The van der Waals surface area contributed by atoms with E-state index in [1.165, 1.54) is 0 Å². The van der Waals surface area contributed by atoms with Crippen molar-refractivity contribution < 1.29 is 23.9 Å². The fraction of sp³-hybridized carbons (Fsp3) is 0.304. The zero-order valence-corrected chi connectivity index (χ0v) is 19.5. The van der Waals surface area contributed by atoms with Crippen LogP contribution in [0.15, 0.2) is 30.3 Å². The molecule has 2 heterocycles. The van der Waals surface area contributed by atoms with E-state index >= 15 is 0 Å². The van der Waals surface area contributed by atoms with Gasteiger partial charge in [-0.1, -0.05) is 18.2 Å². The van der Waals surface area contributed by atoms with Gasteiger partial charge in [0.1, 0.15) is 9.88 Å². The van der Waals surface area contributed by atoms with E-state index in [0.29, 0.717) is 22.5 Å². The highest BCUT2D eigenvalue weighted by Gasteiger charge is 2.29. The van der Waals surface area contributed by atoms with Crippen molar-refractivity contribution >= 4 is 34.2 Å². The molecule has 0 fully saturated rings. The van der Waals surface area contributed by atoms with Crippen molar-refractivity contribution in [3.05, 3.63) is 63.3 Å². The number of thiophene rings is 1. The molecule has 32 heavy (non-hydrogen) atoms. The van der Waals surface area contributed by atoms with Gasteiger partial charge in [-0.05, 0) is 52.3 Å². The Morgan fingerprint density at radius 1 is 0.969 bits per heavy atom. The van der Waals surface area contributed by atoms with Gasteiger partial charge in [0.05, 0.1) is 41.4 Å². The average Bonchev–Trinajstić information content (AvgIpc) is 3.24. The second-order valence-corrected chi connectivity index (χ2v) is 7.97. The number of amides is 1. The molecule has 0 aliphatic heterocycles. The highest BCUT2D eigenvalue weighted by atomic mass is 32.1. The Hall–Kier alpha value is -3.46. The lowest BCUT2D eigenvalue weighted by atomic mass is 10.1. The van der Waals surface area contributed by atoms with Gasteiger partial charge in [-0.25, -0.2) is 14.3 Å². The van der Waals surface area contributed by atoms with E-state index in [0.717, 1.165) is 17.0 Å². The van der Waals surface area contributed by atoms with Crippen molar-refractivity contribution in [3.63, 3.8) is 0 Å². The summed E-state index contributed by atoms with van der Waals surface area (Å²) in [6.07, 6.45) is 0. The number of carbonyl (C=O) groups is 3. The van der Waals surface area contributed by atoms with Crippen molar-refractivity contribution in [2.24, 2.45) is 0 Å². The molecule has 0 aliphatic carbocycles. The first-order valence-corrected chi connectivity index (χ1v) is 11.0. The third-order valence-corrected chi connectivity index (χ3v) is 6.02. The molecule has 1 N–H and O–H groups in total. The number of benzene rings is 1. The summed E-state index contributed by atoms with van der Waals surface area (Å²) >= 11 is 0.992. The summed E-state index contributed by atoms with van der Waals surface area (Å²) in [7, 11) is 0. The van der Waals surface area contributed by atoms with Crippen LogP contribution in [-0.2, 0) is 9.47 Å². The molecule has 0 radical (unpaired) electrons. The van der Waals surface area contributed by atoms with Gasteiger partial charge in [0.25, 0.3) is 5.91 Å². The third kappa shape index (κ3) is 4.43. The van der Waals surface area contributed by atoms with Crippen molar-refractivity contribution in [1.29, 1.82) is 0 Å². The maximum Gasteiger partial charge on any atom is 0.348 e. The number of hydrogen-bond donors (Lipinski definition) is 1. The Bertz CT molecular complexity index is 1160. The van der Waals surface area contributed by atoms with Gasteiger partial charge < -0.3 is 14.8 Å². The monoisotopic (exact) mass is 455 g/mol. The summed E-state index contributed by atoms with van der Waals surface area (Å²) in [6.45, 7) is 8.94. The van der Waals surface area contributed by atoms with E-state index in [4.69, 9.17) is 9.47 Å². The zero-order chi connectivity index (χ0) is 23.4. The molecule has 0 saturated carbocycles. The average molecular weight is 456 g/mol. The van der Waals surface area contributed by atoms with Gasteiger partial charge in [-0.3, -0.25) is 4.79 Å². The highest BCUT2D eigenvalue weighted by molar-refractivity contribution is 7.18. The minimum absolute atomic E-state index is 0.152. The third-order valence-electron chi connectivity index (χ3n) is 4.83. The number of nitrogens with zero attached hydrogens (tertiary/aromatic N) is 2. The predicted molar refractivity (Wildman–Crippen MR) is 122 cm³/mol. The van der Waals surface area contributed by atoms with E-state index in [1.54, 1.807) is 39.3 Å². The van der Waals surface area contributed by atoms with E-state index in [1.807, 2.05) is 30.3 Å². The number of para-hydroxylation sites is 1. The normalized spacial score (nSPS) is 10.7. The van der Waals surface area contributed by atoms with E-state index in [9.17, 15) is 14.4 Å². The molecule has 3 aromatic rings. The Labute approximate surface area is 190 Å². The van der Waals surface area contributed by atoms with Crippen LogP contribution >= 0.6 is 11.3 Å². The number of rotatable bonds is 7. The number of esters is 2. The summed E-state index contributed by atoms with van der Waals surface area (Å²) in [5.74, 6) is -1.59. The smallest absolute Gasteiger partial charge is 0.348 e. The summed E-state index contributed by atoms with van der Waals surface area (Å²) in [4.78, 5) is 38.4. The Morgan fingerprint density at radius 2 is 1.59 bits per heavy atom. The van der Waals surface area contributed by atoms with Gasteiger partial charge in [-0.15, -0.1) is 11.3 Å². The molecule has 0 unspecified atom stereocenters. The van der Waals surface area contributed by atoms with E-state index < -0.39 is 17.8 Å². The minimum atomic E-state index is -0.611. The molecule has 2 aromatic heterocycles. The lowest BCUT2D eigenvalue weighted by Gasteiger charge is -2.08. The van der Waals surface area contributed by atoms with Crippen LogP contribution in [0.2, 0.25) is 0 Å². The SMILES string of the molecule is CCOC(=O)c1sc(NC(=O)c2c(C)nn(-c3ccccc3)c2C)c(C(=O)OCC)c1C. The second-order valence-electron chi connectivity index (χ2n) is 6.95. The van der Waals surface area contributed by atoms with Gasteiger partial charge >= 0.3 is 11.9 Å². The van der Waals surface area contributed by atoms with Crippen LogP contribution in [-0.4, -0.2) is 40.8 Å².